The smallest absolute Gasteiger partial charge is 0.248 e. The first-order chi connectivity index (χ1) is 16.7. The van der Waals surface area contributed by atoms with Crippen molar-refractivity contribution in [2.45, 2.75) is 31.5 Å². The van der Waals surface area contributed by atoms with Gasteiger partial charge in [0.1, 0.15) is 22.2 Å². The van der Waals surface area contributed by atoms with Gasteiger partial charge in [0.05, 0.1) is 12.7 Å². The van der Waals surface area contributed by atoms with E-state index in [0.29, 0.717) is 30.4 Å². The predicted molar refractivity (Wildman–Crippen MR) is 127 cm³/mol. The first kappa shape index (κ1) is 25.7. The van der Waals surface area contributed by atoms with Gasteiger partial charge in [-0.15, -0.1) is 0 Å². The molecule has 1 atom stereocenters. The molecule has 0 bridgehead atoms. The number of halogens is 3. The van der Waals surface area contributed by atoms with Gasteiger partial charge in [0.25, 0.3) is 0 Å². The summed E-state index contributed by atoms with van der Waals surface area (Å²) in [7, 11) is -3.72. The monoisotopic (exact) mass is 525 g/mol. The molecule has 0 radical (unpaired) electrons. The molecule has 1 saturated heterocycles. The van der Waals surface area contributed by atoms with Crippen LogP contribution in [0.4, 0.5) is 8.78 Å². The van der Waals surface area contributed by atoms with E-state index in [-0.39, 0.29) is 35.9 Å². The van der Waals surface area contributed by atoms with Gasteiger partial charge in [-0.2, -0.15) is 4.31 Å². The predicted octanol–water partition coefficient (Wildman–Crippen LogP) is 4.49. The lowest BCUT2D eigenvalue weighted by atomic mass is 10.1. The van der Waals surface area contributed by atoms with E-state index < -0.39 is 27.8 Å². The van der Waals surface area contributed by atoms with Crippen molar-refractivity contribution in [3.63, 3.8) is 0 Å². The minimum atomic E-state index is -3.72. The number of aryl methyl sites for hydroxylation is 2. The second-order valence-electron chi connectivity index (χ2n) is 8.41. The molecule has 1 aromatic heterocycles. The molecule has 0 spiro atoms. The van der Waals surface area contributed by atoms with Crippen LogP contribution in [-0.4, -0.2) is 55.5 Å². The Bertz CT molecular complexity index is 1240. The van der Waals surface area contributed by atoms with Crippen molar-refractivity contribution in [1.82, 2.24) is 14.4 Å². The van der Waals surface area contributed by atoms with Crippen LogP contribution in [-0.2, 0) is 21.4 Å². The molecule has 35 heavy (non-hydrogen) atoms. The summed E-state index contributed by atoms with van der Waals surface area (Å²) < 4.78 is 66.9. The summed E-state index contributed by atoms with van der Waals surface area (Å²) in [6.45, 7) is 4.84. The lowest BCUT2D eigenvalue weighted by Crippen LogP contribution is -2.49. The van der Waals surface area contributed by atoms with Crippen LogP contribution < -0.4 is 0 Å². The van der Waals surface area contributed by atoms with E-state index in [2.05, 4.69) is 10.1 Å². The van der Waals surface area contributed by atoms with Gasteiger partial charge in [-0.3, -0.25) is 4.90 Å². The number of nitrogens with zero attached hydrogens (tertiary/aromatic N) is 3. The number of hydrogen-bond donors (Lipinski definition) is 0. The van der Waals surface area contributed by atoms with Gasteiger partial charge < -0.3 is 9.26 Å². The van der Waals surface area contributed by atoms with E-state index >= 15 is 0 Å². The third-order valence-electron chi connectivity index (χ3n) is 6.05. The number of rotatable bonds is 8. The standard InChI is InChI=1S/C24H26ClF2N3O4S/c1-16-24(17(2)34-28-16)35(31,32)30-12-10-29(11-13-30)14-23(18-6-8-19(25)9-7-18)33-15-20-21(26)4-3-5-22(20)27/h3-9,23H,10-15H2,1-2H3. The molecular formula is C24H26ClF2N3O4S. The van der Waals surface area contributed by atoms with E-state index in [1.54, 1.807) is 26.0 Å². The van der Waals surface area contributed by atoms with Crippen molar-refractivity contribution in [1.29, 1.82) is 0 Å². The van der Waals surface area contributed by atoms with Crippen LogP contribution in [0.5, 0.6) is 0 Å². The van der Waals surface area contributed by atoms with E-state index in [1.807, 2.05) is 12.1 Å². The van der Waals surface area contributed by atoms with Gasteiger partial charge in [-0.25, -0.2) is 17.2 Å². The fraction of sp³-hybridized carbons (Fsp3) is 0.375. The zero-order valence-electron chi connectivity index (χ0n) is 19.4. The van der Waals surface area contributed by atoms with Crippen molar-refractivity contribution in [2.75, 3.05) is 32.7 Å². The van der Waals surface area contributed by atoms with Crippen molar-refractivity contribution in [3.05, 3.63) is 81.7 Å². The molecule has 1 aliphatic rings. The molecule has 0 saturated carbocycles. The van der Waals surface area contributed by atoms with Crippen LogP contribution in [0.2, 0.25) is 5.02 Å². The highest BCUT2D eigenvalue weighted by Crippen LogP contribution is 2.27. The van der Waals surface area contributed by atoms with E-state index in [4.69, 9.17) is 20.9 Å². The molecule has 0 N–H and O–H groups in total. The summed E-state index contributed by atoms with van der Waals surface area (Å²) in [6.07, 6.45) is -0.503. The molecule has 11 heteroatoms. The fourth-order valence-electron chi connectivity index (χ4n) is 4.14. The molecule has 3 aromatic rings. The summed E-state index contributed by atoms with van der Waals surface area (Å²) >= 11 is 6.02. The zero-order chi connectivity index (χ0) is 25.2. The SMILES string of the molecule is Cc1noc(C)c1S(=O)(=O)N1CCN(CC(OCc2c(F)cccc2F)c2ccc(Cl)cc2)CC1. The Morgan fingerprint density at radius 1 is 1.06 bits per heavy atom. The first-order valence-electron chi connectivity index (χ1n) is 11.1. The van der Waals surface area contributed by atoms with Gasteiger partial charge in [0.15, 0.2) is 5.76 Å². The van der Waals surface area contributed by atoms with Crippen LogP contribution in [0.15, 0.2) is 51.9 Å². The summed E-state index contributed by atoms with van der Waals surface area (Å²) in [6, 6.07) is 10.8. The second kappa shape index (κ2) is 10.7. The molecular weight excluding hydrogens is 500 g/mol. The molecule has 4 rings (SSSR count). The fourth-order valence-corrected chi connectivity index (χ4v) is 5.98. The van der Waals surface area contributed by atoms with E-state index in [9.17, 15) is 17.2 Å². The van der Waals surface area contributed by atoms with Crippen LogP contribution in [0.1, 0.15) is 28.7 Å². The molecule has 1 fully saturated rings. The van der Waals surface area contributed by atoms with Crippen molar-refractivity contribution in [2.24, 2.45) is 0 Å². The maximum Gasteiger partial charge on any atom is 0.248 e. The molecule has 1 aliphatic heterocycles. The third kappa shape index (κ3) is 5.73. The normalized spacial score (nSPS) is 16.5. The van der Waals surface area contributed by atoms with E-state index in [1.165, 1.54) is 22.5 Å². The topological polar surface area (TPSA) is 75.9 Å². The van der Waals surface area contributed by atoms with Gasteiger partial charge in [-0.05, 0) is 43.7 Å². The Morgan fingerprint density at radius 2 is 1.69 bits per heavy atom. The Hall–Kier alpha value is -2.37. The lowest BCUT2D eigenvalue weighted by molar-refractivity contribution is 0.00546. The highest BCUT2D eigenvalue weighted by Gasteiger charge is 2.34. The summed E-state index contributed by atoms with van der Waals surface area (Å²) in [5, 5.41) is 4.32. The minimum Gasteiger partial charge on any atom is -0.367 e. The van der Waals surface area contributed by atoms with Crippen molar-refractivity contribution in [3.8, 4) is 0 Å². The summed E-state index contributed by atoms with van der Waals surface area (Å²) in [5.74, 6) is -1.07. The number of aromatic nitrogens is 1. The quantitative estimate of drug-likeness (QED) is 0.431. The number of hydrogen-bond acceptors (Lipinski definition) is 6. The summed E-state index contributed by atoms with van der Waals surface area (Å²) in [4.78, 5) is 2.18. The number of piperazine rings is 1. The second-order valence-corrected chi connectivity index (χ2v) is 10.7. The maximum absolute atomic E-state index is 14.1. The molecule has 188 valence electrons. The number of sulfonamides is 1. The highest BCUT2D eigenvalue weighted by molar-refractivity contribution is 7.89. The Labute approximate surface area is 208 Å². The van der Waals surface area contributed by atoms with Crippen molar-refractivity contribution >= 4 is 21.6 Å². The van der Waals surface area contributed by atoms with Crippen LogP contribution in [0.25, 0.3) is 0 Å². The van der Waals surface area contributed by atoms with Crippen LogP contribution >= 0.6 is 11.6 Å². The molecule has 2 heterocycles. The van der Waals surface area contributed by atoms with Gasteiger partial charge in [0, 0.05) is 43.3 Å². The van der Waals surface area contributed by atoms with E-state index in [0.717, 1.165) is 5.56 Å². The molecule has 7 nitrogen and oxygen atoms in total. The molecule has 0 amide bonds. The third-order valence-corrected chi connectivity index (χ3v) is 8.45. The molecule has 1 unspecified atom stereocenters. The molecule has 2 aromatic carbocycles. The number of ether oxygens (including phenoxy) is 1. The Morgan fingerprint density at radius 3 is 2.26 bits per heavy atom. The Kier molecular flexibility index (Phi) is 7.87. The largest absolute Gasteiger partial charge is 0.367 e. The average Bonchev–Trinajstić information content (AvgIpc) is 3.17. The first-order valence-corrected chi connectivity index (χ1v) is 12.9. The molecule has 0 aliphatic carbocycles. The van der Waals surface area contributed by atoms with Gasteiger partial charge in [0.2, 0.25) is 10.0 Å². The highest BCUT2D eigenvalue weighted by atomic mass is 35.5. The Balaban J connectivity index is 1.45. The number of benzene rings is 2. The summed E-state index contributed by atoms with van der Waals surface area (Å²) in [5.41, 5.74) is 1.00. The van der Waals surface area contributed by atoms with Gasteiger partial charge >= 0.3 is 0 Å². The minimum absolute atomic E-state index is 0.111. The van der Waals surface area contributed by atoms with Crippen molar-refractivity contribution < 1.29 is 26.5 Å². The van der Waals surface area contributed by atoms with Gasteiger partial charge in [-0.1, -0.05) is 35.0 Å². The maximum atomic E-state index is 14.1. The average molecular weight is 526 g/mol. The lowest BCUT2D eigenvalue weighted by Gasteiger charge is -2.35. The van der Waals surface area contributed by atoms with Crippen LogP contribution in [0.3, 0.4) is 0 Å². The van der Waals surface area contributed by atoms with Crippen LogP contribution in [0, 0.1) is 25.5 Å². The zero-order valence-corrected chi connectivity index (χ0v) is 21.0.